The van der Waals surface area contributed by atoms with Gasteiger partial charge in [-0.25, -0.2) is 0 Å². The fraction of sp³-hybridized carbons (Fsp3) is 0.150. The minimum Gasteiger partial charge on any atom is -0.403 e. The number of amides is 1. The topological polar surface area (TPSA) is 98.7 Å². The summed E-state index contributed by atoms with van der Waals surface area (Å²) in [7, 11) is 0. The lowest BCUT2D eigenvalue weighted by molar-refractivity contribution is -0.113. The maximum Gasteiger partial charge on any atom is 0.322 e. The molecule has 0 aliphatic heterocycles. The number of nitrogens with one attached hydrogen (secondary N) is 1. The number of nitrogens with zero attached hydrogens (tertiary/aromatic N) is 5. The van der Waals surface area contributed by atoms with Gasteiger partial charge in [0.25, 0.3) is 0 Å². The molecule has 0 atom stereocenters. The molecule has 31 heavy (non-hydrogen) atoms. The quantitative estimate of drug-likeness (QED) is 0.374. The van der Waals surface area contributed by atoms with Crippen molar-refractivity contribution in [1.29, 1.82) is 0 Å². The van der Waals surface area contributed by atoms with Crippen molar-refractivity contribution >= 4 is 46.9 Å². The summed E-state index contributed by atoms with van der Waals surface area (Å²) in [5, 5.41) is 20.5. The van der Waals surface area contributed by atoms with Crippen molar-refractivity contribution in [3.05, 3.63) is 58.6 Å². The van der Waals surface area contributed by atoms with Crippen molar-refractivity contribution in [1.82, 2.24) is 25.0 Å². The second kappa shape index (κ2) is 9.51. The summed E-state index contributed by atoms with van der Waals surface area (Å²) < 4.78 is 7.38. The first kappa shape index (κ1) is 21.4. The van der Waals surface area contributed by atoms with Gasteiger partial charge in [-0.05, 0) is 37.3 Å². The highest BCUT2D eigenvalue weighted by atomic mass is 35.5. The van der Waals surface area contributed by atoms with Crippen LogP contribution in [0, 0.1) is 0 Å². The number of carbonyl (C=O) groups is 1. The van der Waals surface area contributed by atoms with Crippen LogP contribution >= 0.6 is 35.0 Å². The maximum absolute atomic E-state index is 12.3. The minimum absolute atomic E-state index is 0.0371. The first-order chi connectivity index (χ1) is 15.0. The van der Waals surface area contributed by atoms with E-state index in [1.807, 2.05) is 41.8 Å². The summed E-state index contributed by atoms with van der Waals surface area (Å²) in [6.45, 7) is 2.57. The third-order valence-electron chi connectivity index (χ3n) is 4.23. The minimum atomic E-state index is -0.301. The zero-order valence-electron chi connectivity index (χ0n) is 16.2. The molecule has 0 fully saturated rings. The van der Waals surface area contributed by atoms with Gasteiger partial charge in [0, 0.05) is 22.7 Å². The lowest BCUT2D eigenvalue weighted by atomic mass is 10.2. The summed E-state index contributed by atoms with van der Waals surface area (Å²) >= 11 is 13.5. The number of hydrogen-bond acceptors (Lipinski definition) is 7. The van der Waals surface area contributed by atoms with Gasteiger partial charge in [0.1, 0.15) is 0 Å². The third-order valence-corrected chi connectivity index (χ3v) is 5.74. The Hall–Kier alpha value is -2.88. The largest absolute Gasteiger partial charge is 0.403 e. The van der Waals surface area contributed by atoms with E-state index in [0.29, 0.717) is 33.5 Å². The Morgan fingerprint density at radius 1 is 1.10 bits per heavy atom. The molecule has 0 unspecified atom stereocenters. The molecule has 4 rings (SSSR count). The fourth-order valence-electron chi connectivity index (χ4n) is 2.81. The van der Waals surface area contributed by atoms with Gasteiger partial charge in [-0.2, -0.15) is 0 Å². The van der Waals surface area contributed by atoms with Crippen LogP contribution in [0.4, 0.5) is 6.01 Å². The summed E-state index contributed by atoms with van der Waals surface area (Å²) in [5.41, 5.74) is 1.49. The van der Waals surface area contributed by atoms with Gasteiger partial charge < -0.3 is 8.98 Å². The molecular weight excluding hydrogens is 459 g/mol. The molecule has 0 aliphatic carbocycles. The fourth-order valence-corrected chi connectivity index (χ4v) is 4.10. The van der Waals surface area contributed by atoms with Gasteiger partial charge >= 0.3 is 6.01 Å². The zero-order chi connectivity index (χ0) is 21.8. The van der Waals surface area contributed by atoms with Crippen LogP contribution in [-0.2, 0) is 11.3 Å². The molecule has 2 aromatic heterocycles. The van der Waals surface area contributed by atoms with Gasteiger partial charge in [-0.3, -0.25) is 10.1 Å². The molecule has 0 bridgehead atoms. The molecule has 1 amide bonds. The smallest absolute Gasteiger partial charge is 0.322 e. The van der Waals surface area contributed by atoms with Gasteiger partial charge in [0.2, 0.25) is 11.8 Å². The summed E-state index contributed by atoms with van der Waals surface area (Å²) in [6.07, 6.45) is 0. The van der Waals surface area contributed by atoms with Crippen LogP contribution in [0.3, 0.4) is 0 Å². The van der Waals surface area contributed by atoms with Gasteiger partial charge in [-0.1, -0.05) is 58.3 Å². The molecule has 0 aliphatic rings. The molecule has 11 heteroatoms. The van der Waals surface area contributed by atoms with E-state index in [-0.39, 0.29) is 17.7 Å². The second-order valence-corrected chi connectivity index (χ2v) is 8.08. The first-order valence-corrected chi connectivity index (χ1v) is 11.0. The van der Waals surface area contributed by atoms with Crippen LogP contribution < -0.4 is 5.32 Å². The highest BCUT2D eigenvalue weighted by molar-refractivity contribution is 7.99. The zero-order valence-corrected chi connectivity index (χ0v) is 18.6. The average Bonchev–Trinajstić information content (AvgIpc) is 3.39. The van der Waals surface area contributed by atoms with Gasteiger partial charge in [0.15, 0.2) is 11.0 Å². The average molecular weight is 475 g/mol. The van der Waals surface area contributed by atoms with E-state index in [4.69, 9.17) is 27.6 Å². The van der Waals surface area contributed by atoms with E-state index in [1.165, 1.54) is 11.8 Å². The highest BCUT2D eigenvalue weighted by Crippen LogP contribution is 2.31. The van der Waals surface area contributed by atoms with Crippen LogP contribution in [-0.4, -0.2) is 36.6 Å². The molecule has 8 nitrogen and oxygen atoms in total. The number of anilines is 1. The number of hydrogen-bond donors (Lipinski definition) is 1. The molecule has 1 N–H and O–H groups in total. The van der Waals surface area contributed by atoms with Gasteiger partial charge in [-0.15, -0.1) is 15.3 Å². The first-order valence-electron chi connectivity index (χ1n) is 9.25. The summed E-state index contributed by atoms with van der Waals surface area (Å²) in [4.78, 5) is 12.3. The Morgan fingerprint density at radius 3 is 2.65 bits per heavy atom. The van der Waals surface area contributed by atoms with Gasteiger partial charge in [0.05, 0.1) is 10.8 Å². The normalized spacial score (nSPS) is 10.9. The van der Waals surface area contributed by atoms with E-state index in [9.17, 15) is 4.79 Å². The lowest BCUT2D eigenvalue weighted by Crippen LogP contribution is -2.15. The van der Waals surface area contributed by atoms with Crippen LogP contribution in [0.25, 0.3) is 22.8 Å². The van der Waals surface area contributed by atoms with Crippen LogP contribution in [0.1, 0.15) is 6.92 Å². The molecule has 0 saturated carbocycles. The SMILES string of the molecule is CCn1c(SCC(=O)Nc2nnc(-c3ccccc3)o2)nnc1-c1ccc(Cl)cc1Cl. The van der Waals surface area contributed by atoms with Crippen molar-refractivity contribution in [3.8, 4) is 22.8 Å². The van der Waals surface area contributed by atoms with Crippen LogP contribution in [0.2, 0.25) is 10.0 Å². The van der Waals surface area contributed by atoms with Crippen molar-refractivity contribution in [2.45, 2.75) is 18.6 Å². The Kier molecular flexibility index (Phi) is 6.55. The Labute approximate surface area is 192 Å². The van der Waals surface area contributed by atoms with E-state index in [1.54, 1.807) is 18.2 Å². The number of benzene rings is 2. The molecule has 4 aromatic rings. The van der Waals surface area contributed by atoms with E-state index in [0.717, 1.165) is 11.1 Å². The Bertz CT molecular complexity index is 1210. The standard InChI is InChI=1S/C20H16Cl2N6O2S/c1-2-28-17(14-9-8-13(21)10-15(14)22)24-27-20(28)31-11-16(29)23-19-26-25-18(30-19)12-6-4-3-5-7-12/h3-10H,2,11H2,1H3,(H,23,26,29). The molecule has 2 aromatic carbocycles. The number of aromatic nitrogens is 5. The second-order valence-electron chi connectivity index (χ2n) is 6.29. The third kappa shape index (κ3) is 4.90. The van der Waals surface area contributed by atoms with Crippen molar-refractivity contribution in [3.63, 3.8) is 0 Å². The number of halogens is 2. The molecular formula is C20H16Cl2N6O2S. The highest BCUT2D eigenvalue weighted by Gasteiger charge is 2.18. The van der Waals surface area contributed by atoms with Crippen LogP contribution in [0.15, 0.2) is 58.1 Å². The number of thioether (sulfide) groups is 1. The lowest BCUT2D eigenvalue weighted by Gasteiger charge is -2.08. The van der Waals surface area contributed by atoms with Crippen molar-refractivity contribution < 1.29 is 9.21 Å². The number of carbonyl (C=O) groups excluding carboxylic acids is 1. The molecule has 158 valence electrons. The van der Waals surface area contributed by atoms with E-state index in [2.05, 4.69) is 25.7 Å². The van der Waals surface area contributed by atoms with E-state index < -0.39 is 0 Å². The summed E-state index contributed by atoms with van der Waals surface area (Å²) in [6, 6.07) is 14.5. The van der Waals surface area contributed by atoms with Crippen molar-refractivity contribution in [2.75, 3.05) is 11.1 Å². The monoisotopic (exact) mass is 474 g/mol. The van der Waals surface area contributed by atoms with Crippen molar-refractivity contribution in [2.24, 2.45) is 0 Å². The molecule has 0 radical (unpaired) electrons. The Balaban J connectivity index is 1.42. The predicted octanol–water partition coefficient (Wildman–Crippen LogP) is 5.05. The molecule has 0 saturated heterocycles. The van der Waals surface area contributed by atoms with Crippen LogP contribution in [0.5, 0.6) is 0 Å². The molecule has 2 heterocycles. The predicted molar refractivity (Wildman–Crippen MR) is 120 cm³/mol. The summed E-state index contributed by atoms with van der Waals surface area (Å²) in [5.74, 6) is 0.732. The Morgan fingerprint density at radius 2 is 1.90 bits per heavy atom. The molecule has 0 spiro atoms. The maximum atomic E-state index is 12.3. The van der Waals surface area contributed by atoms with E-state index >= 15 is 0 Å². The number of rotatable bonds is 7.